The largest absolute Gasteiger partial charge is 0.489 e. The Labute approximate surface area is 181 Å². The third kappa shape index (κ3) is 5.48. The number of quaternary nitrogens is 1. The average Bonchev–Trinajstić information content (AvgIpc) is 3.34. The molecule has 4 rings (SSSR count). The molecule has 2 heterocycles. The van der Waals surface area contributed by atoms with Crippen LogP contribution in [0.5, 0.6) is 5.75 Å². The van der Waals surface area contributed by atoms with E-state index >= 15 is 0 Å². The van der Waals surface area contributed by atoms with E-state index in [1.54, 1.807) is 11.3 Å². The van der Waals surface area contributed by atoms with Crippen LogP contribution in [0.25, 0.3) is 0 Å². The number of hydrogen-bond donors (Lipinski definition) is 2. The first-order valence-corrected chi connectivity index (χ1v) is 11.2. The summed E-state index contributed by atoms with van der Waals surface area (Å²) in [4.78, 5) is 15.5. The van der Waals surface area contributed by atoms with E-state index in [9.17, 15) is 4.79 Å². The topological polar surface area (TPSA) is 52.0 Å². The third-order valence-corrected chi connectivity index (χ3v) is 6.33. The lowest BCUT2D eigenvalue weighted by Crippen LogP contribution is -3.15. The highest BCUT2D eigenvalue weighted by molar-refractivity contribution is 7.10. The number of ether oxygens (including phenoxy) is 2. The van der Waals surface area contributed by atoms with Crippen molar-refractivity contribution in [1.82, 2.24) is 5.32 Å². The molecule has 1 saturated heterocycles. The molecule has 0 spiro atoms. The zero-order valence-corrected chi connectivity index (χ0v) is 17.7. The van der Waals surface area contributed by atoms with Crippen molar-refractivity contribution in [2.45, 2.75) is 12.6 Å². The minimum absolute atomic E-state index is 0.0419. The Kier molecular flexibility index (Phi) is 7.13. The molecule has 1 aromatic heterocycles. The van der Waals surface area contributed by atoms with Gasteiger partial charge in [0.2, 0.25) is 0 Å². The van der Waals surface area contributed by atoms with Crippen LogP contribution in [0.3, 0.4) is 0 Å². The number of rotatable bonds is 8. The summed E-state index contributed by atoms with van der Waals surface area (Å²) < 4.78 is 11.3. The number of para-hydroxylation sites is 1. The van der Waals surface area contributed by atoms with Gasteiger partial charge in [0, 0.05) is 5.56 Å². The molecule has 0 unspecified atom stereocenters. The lowest BCUT2D eigenvalue weighted by molar-refractivity contribution is -0.937. The second-order valence-electron chi connectivity index (χ2n) is 7.35. The molecule has 1 fully saturated rings. The fourth-order valence-corrected chi connectivity index (χ4v) is 4.54. The minimum Gasteiger partial charge on any atom is -0.489 e. The fourth-order valence-electron chi connectivity index (χ4n) is 3.65. The maximum atomic E-state index is 12.7. The van der Waals surface area contributed by atoms with Crippen LogP contribution in [0, 0.1) is 0 Å². The van der Waals surface area contributed by atoms with Crippen LogP contribution in [0.15, 0.2) is 72.1 Å². The summed E-state index contributed by atoms with van der Waals surface area (Å²) in [6.45, 7) is 4.58. The number of thiophene rings is 1. The zero-order valence-electron chi connectivity index (χ0n) is 16.9. The highest BCUT2D eigenvalue weighted by Crippen LogP contribution is 2.17. The summed E-state index contributed by atoms with van der Waals surface area (Å²) in [6, 6.07) is 21.8. The van der Waals surface area contributed by atoms with Crippen LogP contribution in [0.4, 0.5) is 0 Å². The van der Waals surface area contributed by atoms with Gasteiger partial charge in [0.15, 0.2) is 0 Å². The van der Waals surface area contributed by atoms with E-state index in [4.69, 9.17) is 9.47 Å². The van der Waals surface area contributed by atoms with Gasteiger partial charge >= 0.3 is 0 Å². The lowest BCUT2D eigenvalue weighted by Gasteiger charge is -2.31. The summed E-state index contributed by atoms with van der Waals surface area (Å²) in [7, 11) is 0. The van der Waals surface area contributed by atoms with Crippen LogP contribution in [0.1, 0.15) is 26.8 Å². The van der Waals surface area contributed by atoms with Crippen molar-refractivity contribution in [2.75, 3.05) is 32.8 Å². The highest BCUT2D eigenvalue weighted by atomic mass is 32.1. The van der Waals surface area contributed by atoms with Crippen molar-refractivity contribution in [3.63, 3.8) is 0 Å². The smallest absolute Gasteiger partial charge is 0.251 e. The quantitative estimate of drug-likeness (QED) is 0.586. The minimum atomic E-state index is -0.0419. The van der Waals surface area contributed by atoms with E-state index in [2.05, 4.69) is 22.8 Å². The predicted molar refractivity (Wildman–Crippen MR) is 118 cm³/mol. The SMILES string of the molecule is O=C(NC[C@@H](c1cccs1)[NH+]1CCOCC1)c1ccc(COc2ccccc2)cc1. The van der Waals surface area contributed by atoms with Crippen molar-refractivity contribution < 1.29 is 19.2 Å². The van der Waals surface area contributed by atoms with Gasteiger partial charge in [-0.1, -0.05) is 36.4 Å². The molecule has 156 valence electrons. The van der Waals surface area contributed by atoms with Crippen molar-refractivity contribution in [3.05, 3.63) is 88.1 Å². The Hall–Kier alpha value is -2.67. The van der Waals surface area contributed by atoms with Gasteiger partial charge in [-0.25, -0.2) is 0 Å². The molecule has 1 atom stereocenters. The van der Waals surface area contributed by atoms with E-state index in [1.807, 2.05) is 54.6 Å². The molecule has 30 heavy (non-hydrogen) atoms. The fraction of sp³-hybridized carbons (Fsp3) is 0.292. The first-order valence-electron chi connectivity index (χ1n) is 10.3. The molecule has 1 amide bonds. The van der Waals surface area contributed by atoms with E-state index in [-0.39, 0.29) is 11.9 Å². The second kappa shape index (κ2) is 10.4. The van der Waals surface area contributed by atoms with Gasteiger partial charge in [0.1, 0.15) is 31.5 Å². The van der Waals surface area contributed by atoms with Gasteiger partial charge in [0.25, 0.3) is 5.91 Å². The van der Waals surface area contributed by atoms with E-state index in [0.29, 0.717) is 18.7 Å². The number of carbonyl (C=O) groups excluding carboxylic acids is 1. The molecule has 0 bridgehead atoms. The number of morpholine rings is 1. The van der Waals surface area contributed by atoms with Crippen LogP contribution < -0.4 is 15.0 Å². The molecule has 0 saturated carbocycles. The van der Waals surface area contributed by atoms with Crippen molar-refractivity contribution in [2.24, 2.45) is 0 Å². The number of benzene rings is 2. The molecule has 5 nitrogen and oxygen atoms in total. The molecule has 1 aliphatic heterocycles. The summed E-state index contributed by atoms with van der Waals surface area (Å²) in [6.07, 6.45) is 0. The van der Waals surface area contributed by atoms with Gasteiger partial charge in [-0.3, -0.25) is 4.79 Å². The molecule has 0 radical (unpaired) electrons. The maximum Gasteiger partial charge on any atom is 0.251 e. The number of nitrogens with one attached hydrogen (secondary N) is 2. The van der Waals surface area contributed by atoms with E-state index in [0.717, 1.165) is 37.6 Å². The van der Waals surface area contributed by atoms with Gasteiger partial charge in [-0.2, -0.15) is 0 Å². The van der Waals surface area contributed by atoms with Gasteiger partial charge < -0.3 is 19.7 Å². The summed E-state index contributed by atoms with van der Waals surface area (Å²) in [5, 5.41) is 5.23. The first kappa shape index (κ1) is 20.6. The summed E-state index contributed by atoms with van der Waals surface area (Å²) in [5.74, 6) is 0.796. The highest BCUT2D eigenvalue weighted by Gasteiger charge is 2.27. The first-order chi connectivity index (χ1) is 14.8. The van der Waals surface area contributed by atoms with Gasteiger partial charge in [-0.05, 0) is 41.3 Å². The van der Waals surface area contributed by atoms with E-state index < -0.39 is 0 Å². The van der Waals surface area contributed by atoms with Crippen LogP contribution in [0.2, 0.25) is 0 Å². The lowest BCUT2D eigenvalue weighted by atomic mass is 10.1. The number of amides is 1. The normalized spacial score (nSPS) is 15.5. The molecule has 3 aromatic rings. The van der Waals surface area contributed by atoms with Crippen LogP contribution in [-0.2, 0) is 11.3 Å². The second-order valence-corrected chi connectivity index (χ2v) is 8.33. The number of hydrogen-bond acceptors (Lipinski definition) is 4. The van der Waals surface area contributed by atoms with E-state index in [1.165, 1.54) is 9.78 Å². The molecular weight excluding hydrogens is 396 g/mol. The van der Waals surface area contributed by atoms with Crippen LogP contribution in [-0.4, -0.2) is 38.8 Å². The Bertz CT molecular complexity index is 907. The molecular formula is C24H27N2O3S+. The van der Waals surface area contributed by atoms with Crippen molar-refractivity contribution in [3.8, 4) is 5.75 Å². The Morgan fingerprint density at radius 1 is 1.03 bits per heavy atom. The number of carbonyl (C=O) groups is 1. The Morgan fingerprint density at radius 2 is 1.80 bits per heavy atom. The third-order valence-electron chi connectivity index (χ3n) is 5.35. The zero-order chi connectivity index (χ0) is 20.6. The van der Waals surface area contributed by atoms with Gasteiger partial charge in [-0.15, -0.1) is 11.3 Å². The summed E-state index contributed by atoms with van der Waals surface area (Å²) >= 11 is 1.75. The summed E-state index contributed by atoms with van der Waals surface area (Å²) in [5.41, 5.74) is 1.70. The van der Waals surface area contributed by atoms with Crippen molar-refractivity contribution in [1.29, 1.82) is 0 Å². The Morgan fingerprint density at radius 3 is 2.50 bits per heavy atom. The predicted octanol–water partition coefficient (Wildman–Crippen LogP) is 2.71. The molecule has 1 aliphatic rings. The monoisotopic (exact) mass is 423 g/mol. The van der Waals surface area contributed by atoms with Crippen molar-refractivity contribution >= 4 is 17.2 Å². The Balaban J connectivity index is 1.33. The standard InChI is InChI=1S/C24H26N2O3S/c27-24(20-10-8-19(9-11-20)18-29-21-5-2-1-3-6-21)25-17-22(23-7-4-16-30-23)26-12-14-28-15-13-26/h1-11,16,22H,12-15,17-18H2,(H,25,27)/p+1/t22-/m0/s1. The molecule has 6 heteroatoms. The maximum absolute atomic E-state index is 12.7. The average molecular weight is 424 g/mol. The van der Waals surface area contributed by atoms with Crippen LogP contribution >= 0.6 is 11.3 Å². The van der Waals surface area contributed by atoms with Gasteiger partial charge in [0.05, 0.1) is 24.6 Å². The molecule has 2 aromatic carbocycles. The molecule has 0 aliphatic carbocycles. The molecule has 2 N–H and O–H groups in total.